The van der Waals surface area contributed by atoms with Gasteiger partial charge in [-0.05, 0) is 43.2 Å². The van der Waals surface area contributed by atoms with E-state index in [-0.39, 0.29) is 24.8 Å². The van der Waals surface area contributed by atoms with Crippen molar-refractivity contribution in [2.24, 2.45) is 0 Å². The predicted molar refractivity (Wildman–Crippen MR) is 128 cm³/mol. The standard InChI is InChI=1S/C26H29N3O5/c1-18-22(19(2)34-29-18)17-33-23-11-9-20(15-24(23)32-3)10-12-25(30)27-14-13-26(31)28-16-21-7-5-4-6-8-21/h4-12,15H,13-14,16-17H2,1-3H3,(H,27,30)(H,28,31)/b12-10+. The number of carbonyl (C=O) groups excluding carboxylic acids is 2. The van der Waals surface area contributed by atoms with Gasteiger partial charge in [0.25, 0.3) is 0 Å². The van der Waals surface area contributed by atoms with Crippen molar-refractivity contribution in [3.05, 3.63) is 82.8 Å². The lowest BCUT2D eigenvalue weighted by molar-refractivity contribution is -0.121. The van der Waals surface area contributed by atoms with Gasteiger partial charge in [0, 0.05) is 25.6 Å². The van der Waals surface area contributed by atoms with E-state index in [1.165, 1.54) is 6.08 Å². The van der Waals surface area contributed by atoms with Crippen molar-refractivity contribution >= 4 is 17.9 Å². The quantitative estimate of drug-likeness (QED) is 0.420. The van der Waals surface area contributed by atoms with Gasteiger partial charge in [-0.3, -0.25) is 9.59 Å². The highest BCUT2D eigenvalue weighted by molar-refractivity contribution is 5.92. The molecule has 2 aromatic carbocycles. The smallest absolute Gasteiger partial charge is 0.244 e. The molecule has 0 aliphatic heterocycles. The molecule has 1 heterocycles. The Balaban J connectivity index is 1.44. The number of nitrogens with one attached hydrogen (secondary N) is 2. The van der Waals surface area contributed by atoms with Crippen molar-refractivity contribution in [3.8, 4) is 11.5 Å². The molecule has 3 rings (SSSR count). The van der Waals surface area contributed by atoms with Crippen molar-refractivity contribution in [3.63, 3.8) is 0 Å². The third-order valence-corrected chi connectivity index (χ3v) is 5.15. The molecular weight excluding hydrogens is 434 g/mol. The van der Waals surface area contributed by atoms with Gasteiger partial charge in [-0.15, -0.1) is 0 Å². The predicted octanol–water partition coefficient (Wildman–Crippen LogP) is 3.71. The zero-order valence-electron chi connectivity index (χ0n) is 19.6. The topological polar surface area (TPSA) is 103 Å². The Bertz CT molecular complexity index is 1120. The van der Waals surface area contributed by atoms with Crippen LogP contribution >= 0.6 is 0 Å². The zero-order valence-corrected chi connectivity index (χ0v) is 19.6. The first kappa shape index (κ1) is 24.6. The summed E-state index contributed by atoms with van der Waals surface area (Å²) in [4.78, 5) is 24.0. The van der Waals surface area contributed by atoms with Crippen molar-refractivity contribution < 1.29 is 23.6 Å². The van der Waals surface area contributed by atoms with E-state index in [2.05, 4.69) is 15.8 Å². The highest BCUT2D eigenvalue weighted by Crippen LogP contribution is 2.30. The monoisotopic (exact) mass is 463 g/mol. The van der Waals surface area contributed by atoms with Crippen LogP contribution in [0.25, 0.3) is 6.08 Å². The summed E-state index contributed by atoms with van der Waals surface area (Å²) in [5.41, 5.74) is 3.49. The minimum absolute atomic E-state index is 0.120. The van der Waals surface area contributed by atoms with Crippen molar-refractivity contribution in [2.75, 3.05) is 13.7 Å². The Labute approximate surface area is 198 Å². The molecule has 0 saturated heterocycles. The Morgan fingerprint density at radius 3 is 2.56 bits per heavy atom. The second-order valence-electron chi connectivity index (χ2n) is 7.64. The molecule has 8 heteroatoms. The average molecular weight is 464 g/mol. The number of methoxy groups -OCH3 is 1. The number of amides is 2. The SMILES string of the molecule is COc1cc(/C=C/C(=O)NCCC(=O)NCc2ccccc2)ccc1OCc1c(C)noc1C. The van der Waals surface area contributed by atoms with Crippen LogP contribution in [0.15, 0.2) is 59.1 Å². The summed E-state index contributed by atoms with van der Waals surface area (Å²) in [6, 6.07) is 15.0. The number of ether oxygens (including phenoxy) is 2. The van der Waals surface area contributed by atoms with Gasteiger partial charge in [0.15, 0.2) is 11.5 Å². The first-order valence-corrected chi connectivity index (χ1v) is 11.0. The highest BCUT2D eigenvalue weighted by atomic mass is 16.5. The largest absolute Gasteiger partial charge is 0.493 e. The molecule has 0 bridgehead atoms. The second kappa shape index (κ2) is 12.2. The minimum atomic E-state index is -0.284. The Kier molecular flexibility index (Phi) is 8.85. The second-order valence-corrected chi connectivity index (χ2v) is 7.64. The summed E-state index contributed by atoms with van der Waals surface area (Å²) in [7, 11) is 1.56. The average Bonchev–Trinajstić information content (AvgIpc) is 3.17. The van der Waals surface area contributed by atoms with Crippen molar-refractivity contribution in [1.29, 1.82) is 0 Å². The van der Waals surface area contributed by atoms with Gasteiger partial charge in [-0.25, -0.2) is 0 Å². The molecule has 3 aromatic rings. The Morgan fingerprint density at radius 2 is 1.85 bits per heavy atom. The summed E-state index contributed by atoms with van der Waals surface area (Å²) in [6.07, 6.45) is 3.30. The van der Waals surface area contributed by atoms with Gasteiger partial charge in [-0.2, -0.15) is 0 Å². The third kappa shape index (κ3) is 7.23. The molecule has 0 fully saturated rings. The molecule has 0 saturated carbocycles. The molecule has 34 heavy (non-hydrogen) atoms. The van der Waals surface area contributed by atoms with E-state index >= 15 is 0 Å². The fourth-order valence-electron chi connectivity index (χ4n) is 3.18. The van der Waals surface area contributed by atoms with Gasteiger partial charge in [0.05, 0.1) is 18.4 Å². The van der Waals surface area contributed by atoms with Crippen LogP contribution in [0.3, 0.4) is 0 Å². The Morgan fingerprint density at radius 1 is 1.06 bits per heavy atom. The van der Waals surface area contributed by atoms with E-state index in [1.54, 1.807) is 25.3 Å². The highest BCUT2D eigenvalue weighted by Gasteiger charge is 2.12. The number of nitrogens with zero attached hydrogens (tertiary/aromatic N) is 1. The van der Waals surface area contributed by atoms with E-state index < -0.39 is 0 Å². The number of hydrogen-bond acceptors (Lipinski definition) is 6. The molecule has 0 aliphatic rings. The van der Waals surface area contributed by atoms with Crippen LogP contribution in [0.1, 0.15) is 34.6 Å². The molecule has 2 amide bonds. The van der Waals surface area contributed by atoms with Gasteiger partial charge in [0.1, 0.15) is 12.4 Å². The van der Waals surface area contributed by atoms with E-state index in [0.717, 1.165) is 28.1 Å². The lowest BCUT2D eigenvalue weighted by atomic mass is 10.2. The molecule has 1 aromatic heterocycles. The third-order valence-electron chi connectivity index (χ3n) is 5.15. The van der Waals surface area contributed by atoms with Crippen LogP contribution in [0.4, 0.5) is 0 Å². The van der Waals surface area contributed by atoms with Crippen LogP contribution in [0.2, 0.25) is 0 Å². The van der Waals surface area contributed by atoms with Crippen molar-refractivity contribution in [1.82, 2.24) is 15.8 Å². The Hall–Kier alpha value is -4.07. The summed E-state index contributed by atoms with van der Waals surface area (Å²) in [5, 5.41) is 9.47. The summed E-state index contributed by atoms with van der Waals surface area (Å²) in [6.45, 7) is 4.73. The fourth-order valence-corrected chi connectivity index (χ4v) is 3.18. The maximum atomic E-state index is 12.1. The molecule has 0 radical (unpaired) electrons. The van der Waals surface area contributed by atoms with E-state index in [4.69, 9.17) is 14.0 Å². The number of benzene rings is 2. The molecule has 0 aliphatic carbocycles. The van der Waals surface area contributed by atoms with Gasteiger partial charge in [-0.1, -0.05) is 41.6 Å². The van der Waals surface area contributed by atoms with E-state index in [1.807, 2.05) is 50.2 Å². The maximum Gasteiger partial charge on any atom is 0.244 e. The molecule has 0 atom stereocenters. The normalized spacial score (nSPS) is 10.8. The van der Waals surface area contributed by atoms with Gasteiger partial charge in [0.2, 0.25) is 11.8 Å². The molecular formula is C26H29N3O5. The van der Waals surface area contributed by atoms with Gasteiger partial charge < -0.3 is 24.6 Å². The summed E-state index contributed by atoms with van der Waals surface area (Å²) >= 11 is 0. The molecule has 0 unspecified atom stereocenters. The molecule has 0 spiro atoms. The van der Waals surface area contributed by atoms with Crippen LogP contribution in [-0.4, -0.2) is 30.6 Å². The number of hydrogen-bond donors (Lipinski definition) is 2. The van der Waals surface area contributed by atoms with E-state index in [9.17, 15) is 9.59 Å². The number of aryl methyl sites for hydroxylation is 2. The number of carbonyl (C=O) groups is 2. The number of rotatable bonds is 11. The first-order valence-electron chi connectivity index (χ1n) is 11.0. The molecule has 8 nitrogen and oxygen atoms in total. The van der Waals surface area contributed by atoms with Crippen molar-refractivity contribution in [2.45, 2.75) is 33.4 Å². The lowest BCUT2D eigenvalue weighted by Crippen LogP contribution is -2.29. The first-order chi connectivity index (χ1) is 16.5. The minimum Gasteiger partial charge on any atom is -0.493 e. The van der Waals surface area contributed by atoms with Crippen LogP contribution < -0.4 is 20.1 Å². The molecule has 2 N–H and O–H groups in total. The van der Waals surface area contributed by atoms with Crippen LogP contribution in [-0.2, 0) is 22.7 Å². The molecule has 178 valence electrons. The number of aromatic nitrogens is 1. The van der Waals surface area contributed by atoms with Crippen LogP contribution in [0.5, 0.6) is 11.5 Å². The summed E-state index contributed by atoms with van der Waals surface area (Å²) < 4.78 is 16.5. The van der Waals surface area contributed by atoms with E-state index in [0.29, 0.717) is 24.7 Å². The van der Waals surface area contributed by atoms with Gasteiger partial charge >= 0.3 is 0 Å². The lowest BCUT2D eigenvalue weighted by Gasteiger charge is -2.11. The zero-order chi connectivity index (χ0) is 24.3. The summed E-state index contributed by atoms with van der Waals surface area (Å²) in [5.74, 6) is 1.43. The maximum absolute atomic E-state index is 12.1. The van der Waals surface area contributed by atoms with Crippen LogP contribution in [0, 0.1) is 13.8 Å². The fraction of sp³-hybridized carbons (Fsp3) is 0.269.